The molecule has 3 heterocycles. The number of amides is 1. The lowest BCUT2D eigenvalue weighted by Crippen LogP contribution is -2.37. The topological polar surface area (TPSA) is 72.8 Å². The van der Waals surface area contributed by atoms with Crippen molar-refractivity contribution >= 4 is 11.8 Å². The number of benzene rings is 1. The van der Waals surface area contributed by atoms with E-state index in [1.165, 1.54) is 0 Å². The molecule has 1 fully saturated rings. The van der Waals surface area contributed by atoms with Gasteiger partial charge in [-0.2, -0.15) is 0 Å². The van der Waals surface area contributed by atoms with Gasteiger partial charge in [-0.15, -0.1) is 0 Å². The number of carbonyl (C=O) groups is 1. The molecule has 1 N–H and O–H groups in total. The number of methoxy groups -OCH3 is 1. The van der Waals surface area contributed by atoms with Crippen LogP contribution in [0.1, 0.15) is 41.3 Å². The van der Waals surface area contributed by atoms with Gasteiger partial charge < -0.3 is 14.8 Å². The second kappa shape index (κ2) is 7.88. The first kappa shape index (κ1) is 17.7. The van der Waals surface area contributed by atoms with E-state index in [1.54, 1.807) is 13.3 Å². The lowest BCUT2D eigenvalue weighted by atomic mass is 9.99. The molecule has 2 atom stereocenters. The van der Waals surface area contributed by atoms with Crippen LogP contribution in [0, 0.1) is 0 Å². The summed E-state index contributed by atoms with van der Waals surface area (Å²) in [6, 6.07) is 11.8. The van der Waals surface area contributed by atoms with Crippen LogP contribution in [0.25, 0.3) is 0 Å². The molecule has 0 saturated carbocycles. The number of carbonyl (C=O) groups excluding carboxylic acids is 1. The predicted octanol–water partition coefficient (Wildman–Crippen LogP) is 2.57. The number of fused-ring (bicyclic) bond motifs is 1. The Morgan fingerprint density at radius 3 is 2.96 bits per heavy atom. The van der Waals surface area contributed by atoms with E-state index < -0.39 is 0 Å². The summed E-state index contributed by atoms with van der Waals surface area (Å²) in [5, 5.41) is 3.15. The molecule has 1 aromatic carbocycles. The summed E-state index contributed by atoms with van der Waals surface area (Å²) in [6.45, 7) is 1.32. The molecule has 0 bridgehead atoms. The minimum Gasteiger partial charge on any atom is -0.481 e. The van der Waals surface area contributed by atoms with E-state index in [2.05, 4.69) is 15.3 Å². The number of rotatable bonds is 5. The summed E-state index contributed by atoms with van der Waals surface area (Å²) in [7, 11) is 1.60. The molecule has 27 heavy (non-hydrogen) atoms. The summed E-state index contributed by atoms with van der Waals surface area (Å²) in [4.78, 5) is 21.4. The largest absolute Gasteiger partial charge is 0.481 e. The Morgan fingerprint density at radius 2 is 2.22 bits per heavy atom. The second-order valence-corrected chi connectivity index (χ2v) is 6.84. The second-order valence-electron chi connectivity index (χ2n) is 6.84. The van der Waals surface area contributed by atoms with Crippen molar-refractivity contribution in [3.05, 3.63) is 65.0 Å². The van der Waals surface area contributed by atoms with Crippen LogP contribution in [0.2, 0.25) is 0 Å². The van der Waals surface area contributed by atoms with Crippen LogP contribution in [-0.4, -0.2) is 36.6 Å². The average molecular weight is 365 g/mol. The molecular formula is C21H23N3O3. The monoisotopic (exact) mass is 365 g/mol. The van der Waals surface area contributed by atoms with Crippen molar-refractivity contribution in [2.45, 2.75) is 38.0 Å². The van der Waals surface area contributed by atoms with Gasteiger partial charge in [0.15, 0.2) is 0 Å². The first-order valence-corrected chi connectivity index (χ1v) is 9.27. The van der Waals surface area contributed by atoms with E-state index in [1.807, 2.05) is 36.4 Å². The van der Waals surface area contributed by atoms with Crippen molar-refractivity contribution < 1.29 is 14.3 Å². The van der Waals surface area contributed by atoms with Crippen molar-refractivity contribution in [3.63, 3.8) is 0 Å². The molecule has 1 aromatic heterocycles. The smallest absolute Gasteiger partial charge is 0.226 e. The molecule has 1 saturated heterocycles. The van der Waals surface area contributed by atoms with E-state index in [-0.39, 0.29) is 24.5 Å². The highest BCUT2D eigenvalue weighted by atomic mass is 16.5. The highest BCUT2D eigenvalue weighted by molar-refractivity contribution is 5.97. The highest BCUT2D eigenvalue weighted by Gasteiger charge is 2.29. The minimum atomic E-state index is -0.140. The van der Waals surface area contributed by atoms with Gasteiger partial charge in [-0.05, 0) is 30.0 Å². The van der Waals surface area contributed by atoms with Crippen LogP contribution in [0.5, 0.6) is 0 Å². The number of nitrogens with zero attached hydrogens (tertiary/aromatic N) is 2. The van der Waals surface area contributed by atoms with Gasteiger partial charge in [-0.1, -0.05) is 30.3 Å². The third kappa shape index (κ3) is 3.85. The van der Waals surface area contributed by atoms with E-state index >= 15 is 0 Å². The molecule has 6 nitrogen and oxygen atoms in total. The third-order valence-corrected chi connectivity index (χ3v) is 5.02. The van der Waals surface area contributed by atoms with Gasteiger partial charge in [-0.3, -0.25) is 9.78 Å². The molecule has 2 aliphatic heterocycles. The van der Waals surface area contributed by atoms with Crippen LogP contribution in [0.15, 0.2) is 47.6 Å². The van der Waals surface area contributed by atoms with Crippen molar-refractivity contribution in [3.8, 4) is 0 Å². The van der Waals surface area contributed by atoms with Gasteiger partial charge in [0, 0.05) is 12.8 Å². The Morgan fingerprint density at radius 1 is 1.37 bits per heavy atom. The first-order chi connectivity index (χ1) is 13.2. The van der Waals surface area contributed by atoms with Gasteiger partial charge in [-0.25, -0.2) is 4.99 Å². The molecule has 0 spiro atoms. The molecule has 0 unspecified atom stereocenters. The molecule has 140 valence electrons. The molecule has 0 radical (unpaired) electrons. The van der Waals surface area contributed by atoms with E-state index in [0.29, 0.717) is 12.4 Å². The zero-order valence-corrected chi connectivity index (χ0v) is 15.4. The maximum atomic E-state index is 12.7. The first-order valence-electron chi connectivity index (χ1n) is 9.27. The van der Waals surface area contributed by atoms with Crippen LogP contribution in [-0.2, 0) is 27.2 Å². The van der Waals surface area contributed by atoms with E-state index in [9.17, 15) is 4.79 Å². The van der Waals surface area contributed by atoms with Gasteiger partial charge >= 0.3 is 0 Å². The third-order valence-electron chi connectivity index (χ3n) is 5.02. The zero-order valence-electron chi connectivity index (χ0n) is 15.4. The fourth-order valence-electron chi connectivity index (χ4n) is 3.69. The fraction of sp³-hybridized carbons (Fsp3) is 0.381. The Hall–Kier alpha value is -2.73. The molecular weight excluding hydrogens is 342 g/mol. The molecule has 2 aromatic rings. The molecule has 6 heteroatoms. The summed E-state index contributed by atoms with van der Waals surface area (Å²) in [5.41, 5.74) is 3.75. The highest BCUT2D eigenvalue weighted by Crippen LogP contribution is 2.27. The zero-order chi connectivity index (χ0) is 18.6. The predicted molar refractivity (Wildman–Crippen MR) is 101 cm³/mol. The molecule has 2 aliphatic rings. The number of hydrogen-bond acceptors (Lipinski definition) is 5. The van der Waals surface area contributed by atoms with Gasteiger partial charge in [0.05, 0.1) is 43.5 Å². The Labute approximate surface area is 158 Å². The normalized spacial score (nSPS) is 19.3. The van der Waals surface area contributed by atoms with Crippen LogP contribution in [0.3, 0.4) is 0 Å². The van der Waals surface area contributed by atoms with Crippen molar-refractivity contribution in [1.29, 1.82) is 0 Å². The minimum absolute atomic E-state index is 0.0157. The van der Waals surface area contributed by atoms with Crippen LogP contribution >= 0.6 is 0 Å². The van der Waals surface area contributed by atoms with Crippen LogP contribution < -0.4 is 5.32 Å². The summed E-state index contributed by atoms with van der Waals surface area (Å²) in [5.74, 6) is 0.550. The lowest BCUT2D eigenvalue weighted by Gasteiger charge is -2.24. The quantitative estimate of drug-likeness (QED) is 0.884. The van der Waals surface area contributed by atoms with E-state index in [0.717, 1.165) is 41.8 Å². The number of hydrogen-bond donors (Lipinski definition) is 1. The number of ether oxygens (including phenoxy) is 2. The number of aliphatic imine (C=N–C) groups is 1. The molecule has 0 aliphatic carbocycles. The summed E-state index contributed by atoms with van der Waals surface area (Å²) in [6.07, 6.45) is 3.96. The fourth-order valence-corrected chi connectivity index (χ4v) is 3.69. The van der Waals surface area contributed by atoms with Gasteiger partial charge in [0.1, 0.15) is 0 Å². The molecule has 1 amide bonds. The Bertz CT molecular complexity index is 845. The maximum Gasteiger partial charge on any atom is 0.226 e. The maximum absolute atomic E-state index is 12.7. The average Bonchev–Trinajstić information content (AvgIpc) is 3.36. The SMILES string of the molecule is COC1=NCc2cc(CC(=O)N[C@@H](c3ccccc3)[C@H]3CCCO3)ncc21. The molecule has 4 rings (SSSR count). The number of aromatic nitrogens is 1. The van der Waals surface area contributed by atoms with Crippen molar-refractivity contribution in [2.75, 3.05) is 13.7 Å². The van der Waals surface area contributed by atoms with Crippen LogP contribution in [0.4, 0.5) is 0 Å². The Balaban J connectivity index is 1.46. The van der Waals surface area contributed by atoms with Crippen molar-refractivity contribution in [2.24, 2.45) is 4.99 Å². The number of nitrogens with one attached hydrogen (secondary N) is 1. The summed E-state index contributed by atoms with van der Waals surface area (Å²) < 4.78 is 11.1. The number of pyridine rings is 1. The van der Waals surface area contributed by atoms with Crippen molar-refractivity contribution in [1.82, 2.24) is 10.3 Å². The van der Waals surface area contributed by atoms with Gasteiger partial charge in [0.2, 0.25) is 11.8 Å². The van der Waals surface area contributed by atoms with E-state index in [4.69, 9.17) is 9.47 Å². The standard InChI is InChI=1S/C21H23N3O3/c1-26-21-17-13-22-16(10-15(17)12-23-21)11-19(25)24-20(18-8-5-9-27-18)14-6-3-2-4-7-14/h2-4,6-7,10,13,18,20H,5,8-9,11-12H2,1H3,(H,24,25)/t18-,20+/m1/s1. The lowest BCUT2D eigenvalue weighted by molar-refractivity contribution is -0.122. The van der Waals surface area contributed by atoms with Gasteiger partial charge in [0.25, 0.3) is 0 Å². The summed E-state index contributed by atoms with van der Waals surface area (Å²) >= 11 is 0. The Kier molecular flexibility index (Phi) is 5.16.